The van der Waals surface area contributed by atoms with Crippen molar-refractivity contribution in [1.29, 1.82) is 0 Å². The van der Waals surface area contributed by atoms with Crippen molar-refractivity contribution >= 4 is 20.9 Å². The van der Waals surface area contributed by atoms with Crippen LogP contribution >= 0.6 is 0 Å². The topological polar surface area (TPSA) is 64.0 Å². The standard InChI is InChI=1S/C15H21N3O2S/c1-3-5-6-11-21(19,20)14-12-18(17-9-4-2)15-13(14)8-7-10-16-15/h4,7-8,10,12,17H,2-3,5-6,9,11H2,1H3. The molecule has 0 aliphatic carbocycles. The molecule has 0 saturated heterocycles. The van der Waals surface area contributed by atoms with Gasteiger partial charge in [0.25, 0.3) is 0 Å². The summed E-state index contributed by atoms with van der Waals surface area (Å²) in [5.74, 6) is 0.177. The third-order valence-corrected chi connectivity index (χ3v) is 5.11. The lowest BCUT2D eigenvalue weighted by atomic mass is 10.3. The smallest absolute Gasteiger partial charge is 0.180 e. The molecule has 0 aliphatic rings. The molecule has 1 N–H and O–H groups in total. The number of sulfone groups is 1. The Morgan fingerprint density at radius 1 is 1.43 bits per heavy atom. The van der Waals surface area contributed by atoms with E-state index in [-0.39, 0.29) is 5.75 Å². The van der Waals surface area contributed by atoms with E-state index in [9.17, 15) is 8.42 Å². The molecule has 0 aliphatic heterocycles. The van der Waals surface area contributed by atoms with E-state index in [2.05, 4.69) is 23.9 Å². The van der Waals surface area contributed by atoms with Crippen molar-refractivity contribution in [3.8, 4) is 0 Å². The second-order valence-corrected chi connectivity index (χ2v) is 6.99. The maximum atomic E-state index is 12.5. The number of nitrogens with zero attached hydrogens (tertiary/aromatic N) is 2. The number of hydrogen-bond acceptors (Lipinski definition) is 4. The minimum Gasteiger partial charge on any atom is -0.321 e. The van der Waals surface area contributed by atoms with Crippen LogP contribution in [0.4, 0.5) is 0 Å². The van der Waals surface area contributed by atoms with Crippen molar-refractivity contribution in [2.75, 3.05) is 17.7 Å². The molecule has 114 valence electrons. The maximum absolute atomic E-state index is 12.5. The van der Waals surface area contributed by atoms with Gasteiger partial charge in [0, 0.05) is 24.3 Å². The molecule has 2 heterocycles. The highest BCUT2D eigenvalue weighted by atomic mass is 32.2. The molecule has 5 nitrogen and oxygen atoms in total. The predicted octanol–water partition coefficient (Wildman–Crippen LogP) is 2.73. The van der Waals surface area contributed by atoms with E-state index in [1.165, 1.54) is 0 Å². The van der Waals surface area contributed by atoms with Crippen LogP contribution in [0.15, 0.2) is 42.1 Å². The molecular formula is C15H21N3O2S. The number of hydrogen-bond donors (Lipinski definition) is 1. The molecule has 21 heavy (non-hydrogen) atoms. The molecular weight excluding hydrogens is 286 g/mol. The number of aromatic nitrogens is 2. The number of rotatable bonds is 8. The van der Waals surface area contributed by atoms with Crippen LogP contribution in [0, 0.1) is 0 Å². The van der Waals surface area contributed by atoms with Gasteiger partial charge in [-0.05, 0) is 18.6 Å². The molecule has 0 amide bonds. The lowest BCUT2D eigenvalue weighted by molar-refractivity contribution is 0.591. The lowest BCUT2D eigenvalue weighted by Gasteiger charge is -2.04. The van der Waals surface area contributed by atoms with E-state index in [0.717, 1.165) is 12.8 Å². The van der Waals surface area contributed by atoms with Gasteiger partial charge in [-0.15, -0.1) is 6.58 Å². The summed E-state index contributed by atoms with van der Waals surface area (Å²) in [5, 5.41) is 0.658. The van der Waals surface area contributed by atoms with Crippen molar-refractivity contribution in [3.63, 3.8) is 0 Å². The van der Waals surface area contributed by atoms with Gasteiger partial charge in [-0.1, -0.05) is 25.8 Å². The quantitative estimate of drug-likeness (QED) is 0.601. The summed E-state index contributed by atoms with van der Waals surface area (Å²) in [4.78, 5) is 4.61. The summed E-state index contributed by atoms with van der Waals surface area (Å²) < 4.78 is 26.7. The van der Waals surface area contributed by atoms with E-state index in [1.807, 2.05) is 0 Å². The van der Waals surface area contributed by atoms with Crippen molar-refractivity contribution in [3.05, 3.63) is 37.2 Å². The van der Waals surface area contributed by atoms with E-state index in [4.69, 9.17) is 0 Å². The van der Waals surface area contributed by atoms with Crippen molar-refractivity contribution in [1.82, 2.24) is 9.66 Å². The fraction of sp³-hybridized carbons (Fsp3) is 0.400. The molecule has 6 heteroatoms. The first kappa shape index (κ1) is 15.6. The largest absolute Gasteiger partial charge is 0.321 e. The van der Waals surface area contributed by atoms with E-state index < -0.39 is 9.84 Å². The number of nitrogens with one attached hydrogen (secondary N) is 1. The van der Waals surface area contributed by atoms with Crippen LogP contribution in [0.1, 0.15) is 26.2 Å². The molecule has 0 bridgehead atoms. The average Bonchev–Trinajstić information content (AvgIpc) is 2.85. The molecule has 0 spiro atoms. The first-order valence-corrected chi connectivity index (χ1v) is 8.79. The summed E-state index contributed by atoms with van der Waals surface area (Å²) in [6, 6.07) is 3.55. The van der Waals surface area contributed by atoms with Gasteiger partial charge < -0.3 is 5.43 Å². The fourth-order valence-corrected chi connectivity index (χ4v) is 3.78. The van der Waals surface area contributed by atoms with Gasteiger partial charge in [0.2, 0.25) is 0 Å². The summed E-state index contributed by atoms with van der Waals surface area (Å²) in [5.41, 5.74) is 3.69. The lowest BCUT2D eigenvalue weighted by Crippen LogP contribution is -2.13. The summed E-state index contributed by atoms with van der Waals surface area (Å²) in [7, 11) is -3.29. The zero-order chi connectivity index (χ0) is 15.3. The fourth-order valence-electron chi connectivity index (χ4n) is 2.21. The van der Waals surface area contributed by atoms with E-state index in [1.54, 1.807) is 35.3 Å². The van der Waals surface area contributed by atoms with E-state index >= 15 is 0 Å². The monoisotopic (exact) mass is 307 g/mol. The molecule has 2 aromatic heterocycles. The Balaban J connectivity index is 2.41. The molecule has 2 rings (SSSR count). The van der Waals surface area contributed by atoms with Crippen LogP contribution in [-0.4, -0.2) is 30.4 Å². The van der Waals surface area contributed by atoms with Gasteiger partial charge in [-0.3, -0.25) is 0 Å². The Morgan fingerprint density at radius 3 is 2.95 bits per heavy atom. The summed E-state index contributed by atoms with van der Waals surface area (Å²) in [6.45, 7) is 6.24. The Hall–Kier alpha value is -1.82. The van der Waals surface area contributed by atoms with Gasteiger partial charge >= 0.3 is 0 Å². The maximum Gasteiger partial charge on any atom is 0.180 e. The van der Waals surface area contributed by atoms with Crippen LogP contribution in [0.5, 0.6) is 0 Å². The zero-order valence-corrected chi connectivity index (χ0v) is 13.1. The first-order valence-electron chi connectivity index (χ1n) is 7.13. The highest BCUT2D eigenvalue weighted by Crippen LogP contribution is 2.24. The molecule has 0 unspecified atom stereocenters. The second kappa shape index (κ2) is 6.76. The van der Waals surface area contributed by atoms with Crippen molar-refractivity contribution < 1.29 is 8.42 Å². The minimum absolute atomic E-state index is 0.177. The van der Waals surface area contributed by atoms with Crippen molar-refractivity contribution in [2.24, 2.45) is 0 Å². The Morgan fingerprint density at radius 2 is 2.24 bits per heavy atom. The van der Waals surface area contributed by atoms with Crippen LogP contribution < -0.4 is 5.43 Å². The SMILES string of the molecule is C=CCNn1cc(S(=O)(=O)CCCCC)c2cccnc21. The third-order valence-electron chi connectivity index (χ3n) is 3.28. The number of pyridine rings is 1. The molecule has 0 saturated carbocycles. The van der Waals surface area contributed by atoms with Gasteiger partial charge in [0.1, 0.15) is 0 Å². The summed E-state index contributed by atoms with van der Waals surface area (Å²) >= 11 is 0. The van der Waals surface area contributed by atoms with E-state index in [0.29, 0.717) is 28.9 Å². The van der Waals surface area contributed by atoms with Gasteiger partial charge in [-0.25, -0.2) is 18.1 Å². The minimum atomic E-state index is -3.29. The molecule has 0 fully saturated rings. The number of unbranched alkanes of at least 4 members (excludes halogenated alkanes) is 2. The first-order chi connectivity index (χ1) is 10.1. The van der Waals surface area contributed by atoms with Crippen LogP contribution in [0.25, 0.3) is 11.0 Å². The Bertz CT molecular complexity index is 720. The Labute approximate surface area is 125 Å². The van der Waals surface area contributed by atoms with Gasteiger partial charge in [0.05, 0.1) is 10.6 Å². The average molecular weight is 307 g/mol. The van der Waals surface area contributed by atoms with Crippen LogP contribution in [0.3, 0.4) is 0 Å². The predicted molar refractivity (Wildman–Crippen MR) is 85.7 cm³/mol. The second-order valence-electron chi connectivity index (χ2n) is 4.91. The van der Waals surface area contributed by atoms with Gasteiger partial charge in [0.15, 0.2) is 15.5 Å². The highest BCUT2D eigenvalue weighted by molar-refractivity contribution is 7.91. The molecule has 0 atom stereocenters. The Kier molecular flexibility index (Phi) is 5.01. The summed E-state index contributed by atoms with van der Waals surface area (Å²) in [6.07, 6.45) is 7.59. The molecule has 2 aromatic rings. The molecule has 0 radical (unpaired) electrons. The van der Waals surface area contributed by atoms with Gasteiger partial charge in [-0.2, -0.15) is 0 Å². The molecule has 0 aromatic carbocycles. The van der Waals surface area contributed by atoms with Crippen LogP contribution in [-0.2, 0) is 9.84 Å². The zero-order valence-electron chi connectivity index (χ0n) is 12.2. The highest BCUT2D eigenvalue weighted by Gasteiger charge is 2.21. The van der Waals surface area contributed by atoms with Crippen molar-refractivity contribution in [2.45, 2.75) is 31.1 Å². The third kappa shape index (κ3) is 3.44. The normalized spacial score (nSPS) is 11.7. The number of fused-ring (bicyclic) bond motifs is 1. The van der Waals surface area contributed by atoms with Crippen LogP contribution in [0.2, 0.25) is 0 Å².